The van der Waals surface area contributed by atoms with Crippen molar-refractivity contribution in [2.45, 2.75) is 258 Å². The molecule has 0 aliphatic heterocycles. The van der Waals surface area contributed by atoms with Crippen molar-refractivity contribution in [2.75, 3.05) is 13.2 Å². The van der Waals surface area contributed by atoms with Crippen molar-refractivity contribution >= 4 is 17.9 Å². The van der Waals surface area contributed by atoms with Crippen LogP contribution in [0.4, 0.5) is 0 Å². The summed E-state index contributed by atoms with van der Waals surface area (Å²) in [5.74, 6) is -0.968. The molecule has 6 nitrogen and oxygen atoms in total. The smallest absolute Gasteiger partial charge is 0.306 e. The third-order valence-corrected chi connectivity index (χ3v) is 11.6. The second-order valence-corrected chi connectivity index (χ2v) is 18.1. The summed E-state index contributed by atoms with van der Waals surface area (Å²) in [5.41, 5.74) is 0. The van der Waals surface area contributed by atoms with Gasteiger partial charge in [-0.05, 0) is 96.3 Å². The van der Waals surface area contributed by atoms with Gasteiger partial charge in [-0.25, -0.2) is 0 Å². The monoisotopic (exact) mass is 931 g/mol. The molecular formula is C61H102O6. The third-order valence-electron chi connectivity index (χ3n) is 11.6. The van der Waals surface area contributed by atoms with Gasteiger partial charge in [0.15, 0.2) is 6.10 Å². The average molecular weight is 931 g/mol. The Balaban J connectivity index is 4.45. The topological polar surface area (TPSA) is 78.9 Å². The van der Waals surface area contributed by atoms with E-state index in [0.29, 0.717) is 19.3 Å². The zero-order valence-electron chi connectivity index (χ0n) is 43.6. The van der Waals surface area contributed by atoms with E-state index in [4.69, 9.17) is 14.2 Å². The lowest BCUT2D eigenvalue weighted by atomic mass is 10.1. The number of carbonyl (C=O) groups excluding carboxylic acids is 3. The lowest BCUT2D eigenvalue weighted by molar-refractivity contribution is -0.167. The van der Waals surface area contributed by atoms with Crippen LogP contribution in [0.2, 0.25) is 0 Å². The molecule has 0 aromatic rings. The second kappa shape index (κ2) is 54.9. The molecule has 0 rings (SSSR count). The van der Waals surface area contributed by atoms with Gasteiger partial charge in [0.2, 0.25) is 0 Å². The summed E-state index contributed by atoms with van der Waals surface area (Å²) in [4.78, 5) is 38.0. The molecule has 0 amide bonds. The van der Waals surface area contributed by atoms with E-state index in [1.807, 2.05) is 0 Å². The van der Waals surface area contributed by atoms with Gasteiger partial charge in [-0.2, -0.15) is 0 Å². The Bertz CT molecular complexity index is 1350. The number of hydrogen-bond acceptors (Lipinski definition) is 6. The molecule has 0 aromatic carbocycles. The quantitative estimate of drug-likeness (QED) is 0.0262. The summed E-state index contributed by atoms with van der Waals surface area (Å²) < 4.78 is 16.8. The largest absolute Gasteiger partial charge is 0.462 e. The van der Waals surface area contributed by atoms with Crippen molar-refractivity contribution in [3.8, 4) is 0 Å². The predicted molar refractivity (Wildman–Crippen MR) is 288 cm³/mol. The fourth-order valence-corrected chi connectivity index (χ4v) is 7.43. The van der Waals surface area contributed by atoms with Crippen molar-refractivity contribution in [1.82, 2.24) is 0 Å². The van der Waals surface area contributed by atoms with Crippen LogP contribution in [0.25, 0.3) is 0 Å². The Hall–Kier alpha value is -3.67. The van der Waals surface area contributed by atoms with Crippen LogP contribution in [-0.4, -0.2) is 37.2 Å². The number of allylic oxidation sites excluding steroid dienone is 16. The number of hydrogen-bond donors (Lipinski definition) is 0. The second-order valence-electron chi connectivity index (χ2n) is 18.1. The molecule has 0 saturated heterocycles. The molecule has 0 heterocycles. The van der Waals surface area contributed by atoms with Gasteiger partial charge >= 0.3 is 17.9 Å². The first-order valence-corrected chi connectivity index (χ1v) is 27.7. The first kappa shape index (κ1) is 63.3. The molecule has 0 fully saturated rings. The van der Waals surface area contributed by atoms with Gasteiger partial charge in [0.1, 0.15) is 13.2 Å². The summed E-state index contributed by atoms with van der Waals surface area (Å²) >= 11 is 0. The minimum Gasteiger partial charge on any atom is -0.462 e. The summed E-state index contributed by atoms with van der Waals surface area (Å²) in [6.45, 7) is 6.46. The molecule has 0 N–H and O–H groups in total. The molecule has 0 aliphatic rings. The van der Waals surface area contributed by atoms with E-state index in [1.165, 1.54) is 103 Å². The highest BCUT2D eigenvalue weighted by molar-refractivity contribution is 5.71. The maximum absolute atomic E-state index is 12.8. The molecule has 0 aromatic heterocycles. The fourth-order valence-electron chi connectivity index (χ4n) is 7.43. The highest BCUT2D eigenvalue weighted by atomic mass is 16.6. The molecule has 6 heteroatoms. The zero-order chi connectivity index (χ0) is 48.6. The van der Waals surface area contributed by atoms with Crippen molar-refractivity contribution < 1.29 is 28.6 Å². The normalized spacial score (nSPS) is 12.8. The summed E-state index contributed by atoms with van der Waals surface area (Å²) in [5, 5.41) is 0. The number of esters is 3. The Kier molecular flexibility index (Phi) is 51.9. The lowest BCUT2D eigenvalue weighted by Gasteiger charge is -2.18. The molecule has 0 spiro atoms. The minimum atomic E-state index is -0.804. The Morgan fingerprint density at radius 2 is 0.597 bits per heavy atom. The molecule has 0 aliphatic carbocycles. The standard InChI is InChI=1S/C61H102O6/c1-4-7-10-13-16-19-22-24-26-27-28-29-30-31-32-33-35-36-39-42-45-48-51-54-60(63)66-57-58(56-65-59(62)53-50-47-44-41-38-21-18-15-12-9-6-3)67-61(64)55-52-49-46-43-40-37-34-25-23-20-17-14-11-8-5-2/h7,10,16,19,24-26,28-29,31-32,34-36,42,45,58H,4-6,8-9,11-15,17-18,20-23,27,30,33,37-41,43-44,46-57H2,1-3H3/b10-7-,19-16-,26-24-,29-28-,32-31-,34-25-,36-35-,45-42-. The summed E-state index contributed by atoms with van der Waals surface area (Å²) in [6.07, 6.45) is 72.6. The molecular weight excluding hydrogens is 829 g/mol. The van der Waals surface area contributed by atoms with Crippen LogP contribution >= 0.6 is 0 Å². The lowest BCUT2D eigenvalue weighted by Crippen LogP contribution is -2.30. The van der Waals surface area contributed by atoms with Gasteiger partial charge in [-0.3, -0.25) is 14.4 Å². The van der Waals surface area contributed by atoms with E-state index in [0.717, 1.165) is 103 Å². The number of ether oxygens (including phenoxy) is 3. The maximum Gasteiger partial charge on any atom is 0.306 e. The van der Waals surface area contributed by atoms with Gasteiger partial charge in [0.05, 0.1) is 0 Å². The first-order valence-electron chi connectivity index (χ1n) is 27.7. The molecule has 67 heavy (non-hydrogen) atoms. The minimum absolute atomic E-state index is 0.0976. The molecule has 1 atom stereocenters. The van der Waals surface area contributed by atoms with E-state index in [2.05, 4.69) is 118 Å². The number of unbranched alkanes of at least 4 members (excludes halogenated alkanes) is 22. The van der Waals surface area contributed by atoms with E-state index >= 15 is 0 Å². The van der Waals surface area contributed by atoms with Gasteiger partial charge in [0.25, 0.3) is 0 Å². The van der Waals surface area contributed by atoms with Crippen LogP contribution < -0.4 is 0 Å². The third kappa shape index (κ3) is 53.2. The zero-order valence-corrected chi connectivity index (χ0v) is 43.6. The first-order chi connectivity index (χ1) is 33.0. The number of rotatable bonds is 49. The molecule has 0 saturated carbocycles. The van der Waals surface area contributed by atoms with E-state index in [9.17, 15) is 14.4 Å². The van der Waals surface area contributed by atoms with Gasteiger partial charge in [0, 0.05) is 19.3 Å². The van der Waals surface area contributed by atoms with Crippen molar-refractivity contribution in [3.05, 3.63) is 97.2 Å². The van der Waals surface area contributed by atoms with E-state index in [-0.39, 0.29) is 37.5 Å². The van der Waals surface area contributed by atoms with Gasteiger partial charge in [-0.15, -0.1) is 0 Å². The van der Waals surface area contributed by atoms with Crippen LogP contribution in [0.15, 0.2) is 97.2 Å². The van der Waals surface area contributed by atoms with Crippen LogP contribution in [0, 0.1) is 0 Å². The molecule has 1 unspecified atom stereocenters. The van der Waals surface area contributed by atoms with Crippen LogP contribution in [0.1, 0.15) is 252 Å². The van der Waals surface area contributed by atoms with E-state index in [1.54, 1.807) is 0 Å². The SMILES string of the molecule is CC/C=C\C/C=C\C/C=C\C/C=C\C/C=C\C/C=C\C/C=C\CCCC(=O)OCC(COC(=O)CCCCCCCCCCCCC)OC(=O)CCCCCCC/C=C\CCCCCCCC. The van der Waals surface area contributed by atoms with Gasteiger partial charge in [-0.1, -0.05) is 234 Å². The van der Waals surface area contributed by atoms with Crippen molar-refractivity contribution in [3.63, 3.8) is 0 Å². The summed E-state index contributed by atoms with van der Waals surface area (Å²) in [6, 6.07) is 0. The van der Waals surface area contributed by atoms with Crippen molar-refractivity contribution in [2.24, 2.45) is 0 Å². The molecule has 0 radical (unpaired) electrons. The van der Waals surface area contributed by atoms with Crippen LogP contribution in [0.3, 0.4) is 0 Å². The maximum atomic E-state index is 12.8. The summed E-state index contributed by atoms with van der Waals surface area (Å²) in [7, 11) is 0. The Morgan fingerprint density at radius 3 is 0.985 bits per heavy atom. The predicted octanol–water partition coefficient (Wildman–Crippen LogP) is 18.5. The Morgan fingerprint density at radius 1 is 0.313 bits per heavy atom. The highest BCUT2D eigenvalue weighted by Gasteiger charge is 2.19. The Labute approximate surface area is 413 Å². The van der Waals surface area contributed by atoms with E-state index < -0.39 is 6.10 Å². The van der Waals surface area contributed by atoms with Crippen molar-refractivity contribution in [1.29, 1.82) is 0 Å². The van der Waals surface area contributed by atoms with Crippen LogP contribution in [0.5, 0.6) is 0 Å². The van der Waals surface area contributed by atoms with Crippen LogP contribution in [-0.2, 0) is 28.6 Å². The fraction of sp³-hybridized carbons (Fsp3) is 0.689. The van der Waals surface area contributed by atoms with Gasteiger partial charge < -0.3 is 14.2 Å². The number of carbonyl (C=O) groups is 3. The highest BCUT2D eigenvalue weighted by Crippen LogP contribution is 2.14. The molecule has 0 bridgehead atoms. The molecule has 382 valence electrons. The average Bonchev–Trinajstić information content (AvgIpc) is 3.33.